The molecule has 0 spiro atoms. The van der Waals surface area contributed by atoms with Gasteiger partial charge in [-0.25, -0.2) is 0 Å². The van der Waals surface area contributed by atoms with Gasteiger partial charge in [0.15, 0.2) is 0 Å². The van der Waals surface area contributed by atoms with E-state index in [9.17, 15) is 0 Å². The second-order valence-corrected chi connectivity index (χ2v) is 4.62. The fraction of sp³-hybridized carbons (Fsp3) is 0.538. The van der Waals surface area contributed by atoms with Crippen LogP contribution in [0, 0.1) is 0 Å². The minimum Gasteiger partial charge on any atom is -0.379 e. The first-order chi connectivity index (χ1) is 7.84. The molecule has 0 atom stereocenters. The first-order valence-corrected chi connectivity index (χ1v) is 6.27. The van der Waals surface area contributed by atoms with Gasteiger partial charge >= 0.3 is 0 Å². The summed E-state index contributed by atoms with van der Waals surface area (Å²) in [6, 6.07) is 8.14. The summed E-state index contributed by atoms with van der Waals surface area (Å²) in [5.41, 5.74) is 1.33. The molecule has 2 nitrogen and oxygen atoms in total. The highest BCUT2D eigenvalue weighted by molar-refractivity contribution is 6.30. The van der Waals surface area contributed by atoms with E-state index in [1.807, 2.05) is 12.1 Å². The summed E-state index contributed by atoms with van der Waals surface area (Å²) in [4.78, 5) is 2.47. The minimum absolute atomic E-state index is 0.837. The number of aryl methyl sites for hydroxylation is 1. The zero-order valence-electron chi connectivity index (χ0n) is 9.49. The molecule has 1 saturated heterocycles. The predicted molar refractivity (Wildman–Crippen MR) is 67.0 cm³/mol. The molecule has 1 fully saturated rings. The average Bonchev–Trinajstić information content (AvgIpc) is 2.30. The van der Waals surface area contributed by atoms with E-state index in [2.05, 4.69) is 17.0 Å². The molecule has 3 heteroatoms. The van der Waals surface area contributed by atoms with Crippen molar-refractivity contribution >= 4 is 11.6 Å². The zero-order chi connectivity index (χ0) is 11.2. The van der Waals surface area contributed by atoms with Crippen LogP contribution in [-0.2, 0) is 11.2 Å². The van der Waals surface area contributed by atoms with E-state index >= 15 is 0 Å². The molecule has 1 aromatic carbocycles. The standard InChI is InChI=1S/C13H18ClNO/c14-13-5-1-3-12(11-13)4-2-6-15-7-9-16-10-8-15/h1,3,5,11H,2,4,6-10H2. The topological polar surface area (TPSA) is 12.5 Å². The Morgan fingerprint density at radius 3 is 2.81 bits per heavy atom. The molecule has 1 heterocycles. The molecule has 1 aliphatic rings. The maximum Gasteiger partial charge on any atom is 0.0594 e. The van der Waals surface area contributed by atoms with Gasteiger partial charge in [0, 0.05) is 18.1 Å². The summed E-state index contributed by atoms with van der Waals surface area (Å²) in [5, 5.41) is 0.837. The van der Waals surface area contributed by atoms with Crippen LogP contribution in [0.5, 0.6) is 0 Å². The summed E-state index contributed by atoms with van der Waals surface area (Å²) < 4.78 is 5.32. The van der Waals surface area contributed by atoms with Crippen molar-refractivity contribution in [3.63, 3.8) is 0 Å². The van der Waals surface area contributed by atoms with E-state index in [4.69, 9.17) is 16.3 Å². The van der Waals surface area contributed by atoms with Gasteiger partial charge in [0.1, 0.15) is 0 Å². The molecule has 1 aromatic rings. The number of halogens is 1. The fourth-order valence-electron chi connectivity index (χ4n) is 2.02. The van der Waals surface area contributed by atoms with Crippen LogP contribution in [0.1, 0.15) is 12.0 Å². The van der Waals surface area contributed by atoms with E-state index in [0.29, 0.717) is 0 Å². The second kappa shape index (κ2) is 6.24. The van der Waals surface area contributed by atoms with Crippen molar-refractivity contribution in [3.05, 3.63) is 34.9 Å². The highest BCUT2D eigenvalue weighted by atomic mass is 35.5. The quantitative estimate of drug-likeness (QED) is 0.801. The predicted octanol–water partition coefficient (Wildman–Crippen LogP) is 2.60. The summed E-state index contributed by atoms with van der Waals surface area (Å²) in [7, 11) is 0. The van der Waals surface area contributed by atoms with Gasteiger partial charge in [-0.1, -0.05) is 23.7 Å². The van der Waals surface area contributed by atoms with Crippen LogP contribution >= 0.6 is 11.6 Å². The minimum atomic E-state index is 0.837. The Kier molecular flexibility index (Phi) is 4.64. The Morgan fingerprint density at radius 1 is 1.25 bits per heavy atom. The van der Waals surface area contributed by atoms with Gasteiger partial charge < -0.3 is 4.74 Å². The van der Waals surface area contributed by atoms with Crippen LogP contribution in [0.25, 0.3) is 0 Å². The Labute approximate surface area is 102 Å². The smallest absolute Gasteiger partial charge is 0.0594 e. The summed E-state index contributed by atoms with van der Waals surface area (Å²) in [6.45, 7) is 5.09. The molecular formula is C13H18ClNO. The molecule has 1 aliphatic heterocycles. The summed E-state index contributed by atoms with van der Waals surface area (Å²) >= 11 is 5.95. The van der Waals surface area contributed by atoms with Crippen LogP contribution in [0.2, 0.25) is 5.02 Å². The highest BCUT2D eigenvalue weighted by Gasteiger charge is 2.09. The highest BCUT2D eigenvalue weighted by Crippen LogP contribution is 2.12. The van der Waals surface area contributed by atoms with Gasteiger partial charge in [-0.15, -0.1) is 0 Å². The lowest BCUT2D eigenvalue weighted by atomic mass is 10.1. The van der Waals surface area contributed by atoms with Gasteiger partial charge in [-0.3, -0.25) is 4.90 Å². The van der Waals surface area contributed by atoms with E-state index in [1.54, 1.807) is 0 Å². The van der Waals surface area contributed by atoms with Crippen LogP contribution in [0.15, 0.2) is 24.3 Å². The fourth-order valence-corrected chi connectivity index (χ4v) is 2.24. The molecule has 0 amide bonds. The van der Waals surface area contributed by atoms with Crippen molar-refractivity contribution in [1.82, 2.24) is 4.90 Å². The number of ether oxygens (including phenoxy) is 1. The normalized spacial score (nSPS) is 17.6. The molecule has 0 unspecified atom stereocenters. The van der Waals surface area contributed by atoms with Gasteiger partial charge in [-0.2, -0.15) is 0 Å². The van der Waals surface area contributed by atoms with Crippen LogP contribution in [-0.4, -0.2) is 37.7 Å². The van der Waals surface area contributed by atoms with Crippen molar-refractivity contribution in [2.75, 3.05) is 32.8 Å². The number of rotatable bonds is 4. The van der Waals surface area contributed by atoms with Gasteiger partial charge in [0.25, 0.3) is 0 Å². The molecule has 0 aliphatic carbocycles. The largest absolute Gasteiger partial charge is 0.379 e. The SMILES string of the molecule is Clc1cccc(CCCN2CCOCC2)c1. The van der Waals surface area contributed by atoms with E-state index in [1.165, 1.54) is 12.0 Å². The maximum absolute atomic E-state index is 5.95. The number of morpholine rings is 1. The molecule has 16 heavy (non-hydrogen) atoms. The van der Waals surface area contributed by atoms with Crippen LogP contribution in [0.4, 0.5) is 0 Å². The molecule has 0 aromatic heterocycles. The van der Waals surface area contributed by atoms with Crippen molar-refractivity contribution in [2.24, 2.45) is 0 Å². The number of nitrogens with zero attached hydrogens (tertiary/aromatic N) is 1. The van der Waals surface area contributed by atoms with E-state index < -0.39 is 0 Å². The summed E-state index contributed by atoms with van der Waals surface area (Å²) in [6.07, 6.45) is 2.30. The average molecular weight is 240 g/mol. The molecule has 88 valence electrons. The van der Waals surface area contributed by atoms with Crippen molar-refractivity contribution < 1.29 is 4.74 Å². The zero-order valence-corrected chi connectivity index (χ0v) is 10.2. The lowest BCUT2D eigenvalue weighted by molar-refractivity contribution is 0.0375. The number of benzene rings is 1. The third-order valence-electron chi connectivity index (χ3n) is 2.93. The Hall–Kier alpha value is -0.570. The summed E-state index contributed by atoms with van der Waals surface area (Å²) in [5.74, 6) is 0. The Bertz CT molecular complexity index is 323. The second-order valence-electron chi connectivity index (χ2n) is 4.19. The third kappa shape index (κ3) is 3.78. The van der Waals surface area contributed by atoms with Crippen LogP contribution < -0.4 is 0 Å². The van der Waals surface area contributed by atoms with Gasteiger partial charge in [0.05, 0.1) is 13.2 Å². The monoisotopic (exact) mass is 239 g/mol. The molecule has 0 bridgehead atoms. The lowest BCUT2D eigenvalue weighted by Crippen LogP contribution is -2.36. The Morgan fingerprint density at radius 2 is 2.06 bits per heavy atom. The molecule has 2 rings (SSSR count). The number of hydrogen-bond acceptors (Lipinski definition) is 2. The number of hydrogen-bond donors (Lipinski definition) is 0. The first-order valence-electron chi connectivity index (χ1n) is 5.89. The van der Waals surface area contributed by atoms with E-state index in [0.717, 1.165) is 44.3 Å². The van der Waals surface area contributed by atoms with Crippen LogP contribution in [0.3, 0.4) is 0 Å². The maximum atomic E-state index is 5.95. The molecule has 0 N–H and O–H groups in total. The van der Waals surface area contributed by atoms with Gasteiger partial charge in [0.2, 0.25) is 0 Å². The van der Waals surface area contributed by atoms with Gasteiger partial charge in [-0.05, 0) is 37.1 Å². The molecule has 0 radical (unpaired) electrons. The first kappa shape index (κ1) is 11.9. The Balaban J connectivity index is 1.71. The lowest BCUT2D eigenvalue weighted by Gasteiger charge is -2.26. The van der Waals surface area contributed by atoms with Crippen molar-refractivity contribution in [2.45, 2.75) is 12.8 Å². The van der Waals surface area contributed by atoms with Crippen molar-refractivity contribution in [3.8, 4) is 0 Å². The van der Waals surface area contributed by atoms with Crippen molar-refractivity contribution in [1.29, 1.82) is 0 Å². The third-order valence-corrected chi connectivity index (χ3v) is 3.17. The molecular weight excluding hydrogens is 222 g/mol. The van der Waals surface area contributed by atoms with E-state index in [-0.39, 0.29) is 0 Å². The molecule has 0 saturated carbocycles.